The van der Waals surface area contributed by atoms with Crippen LogP contribution in [0.1, 0.15) is 178 Å². The van der Waals surface area contributed by atoms with Gasteiger partial charge in [0.25, 0.3) is 0 Å². The third-order valence-corrected chi connectivity index (χ3v) is 17.4. The molecular weight excluding hydrogens is 889 g/mol. The minimum absolute atomic E-state index is 1.15. The molecule has 0 bridgehead atoms. The molecule has 5 rings (SSSR count). The molecule has 0 spiro atoms. The van der Waals surface area contributed by atoms with Crippen LogP contribution >= 0.6 is 77.2 Å². The van der Waals surface area contributed by atoms with E-state index >= 15 is 0 Å². The molecule has 6 heteroatoms. The van der Waals surface area contributed by atoms with E-state index < -0.39 is 0 Å². The highest BCUT2D eigenvalue weighted by atomic mass is 79.9. The van der Waals surface area contributed by atoms with Crippen LogP contribution in [0.3, 0.4) is 0 Å². The van der Waals surface area contributed by atoms with Gasteiger partial charge in [0, 0.05) is 59.1 Å². The molecular formula is C50H68Br2S4. The minimum atomic E-state index is 1.15. The fraction of sp³-hybridized carbons (Fsp3) is 0.560. The van der Waals surface area contributed by atoms with Crippen molar-refractivity contribution in [2.45, 2.75) is 181 Å². The van der Waals surface area contributed by atoms with E-state index in [0.29, 0.717) is 0 Å². The summed E-state index contributed by atoms with van der Waals surface area (Å²) in [4.78, 5) is 11.2. The molecule has 0 N–H and O–H groups in total. The van der Waals surface area contributed by atoms with Gasteiger partial charge < -0.3 is 0 Å². The maximum absolute atomic E-state index is 3.97. The number of hydrogen-bond acceptors (Lipinski definition) is 4. The first-order chi connectivity index (χ1) is 27.6. The molecule has 4 aromatic heterocycles. The van der Waals surface area contributed by atoms with Crippen molar-refractivity contribution in [3.05, 3.63) is 79.4 Å². The van der Waals surface area contributed by atoms with Gasteiger partial charge in [0.1, 0.15) is 0 Å². The van der Waals surface area contributed by atoms with Crippen molar-refractivity contribution in [1.82, 2.24) is 0 Å². The number of halogens is 2. The van der Waals surface area contributed by atoms with Gasteiger partial charge in [0.2, 0.25) is 0 Å². The van der Waals surface area contributed by atoms with E-state index in [0.717, 1.165) is 8.95 Å². The molecule has 0 aliphatic heterocycles. The van der Waals surface area contributed by atoms with Crippen molar-refractivity contribution in [3.8, 4) is 40.4 Å². The molecule has 0 nitrogen and oxygen atoms in total. The normalized spacial score (nSPS) is 11.6. The molecule has 4 heterocycles. The van der Waals surface area contributed by atoms with Gasteiger partial charge in [0.15, 0.2) is 0 Å². The van der Waals surface area contributed by atoms with Gasteiger partial charge in [-0.1, -0.05) is 187 Å². The molecule has 1 aromatic carbocycles. The molecule has 0 atom stereocenters. The van der Waals surface area contributed by atoms with Crippen LogP contribution in [0.5, 0.6) is 0 Å². The smallest absolute Gasteiger partial charge is 0.0449 e. The van der Waals surface area contributed by atoms with Crippen molar-refractivity contribution < 1.29 is 0 Å². The minimum Gasteiger partial charge on any atom is -0.139 e. The molecule has 0 radical (unpaired) electrons. The van der Waals surface area contributed by atoms with Crippen LogP contribution in [-0.4, -0.2) is 0 Å². The average Bonchev–Trinajstić information content (AvgIpc) is 4.04. The first-order valence-electron chi connectivity index (χ1n) is 22.4. The van der Waals surface area contributed by atoms with E-state index in [1.165, 1.54) is 217 Å². The number of rotatable bonds is 30. The molecule has 0 fully saturated rings. The first-order valence-corrected chi connectivity index (χ1v) is 27.3. The number of benzene rings is 1. The van der Waals surface area contributed by atoms with Crippen molar-refractivity contribution in [2.75, 3.05) is 0 Å². The lowest BCUT2D eigenvalue weighted by Crippen LogP contribution is -1.84. The standard InChI is InChI=1S/C50H68Br2S4/c1-3-5-7-9-11-13-15-17-19-21-23-25-27-39-29-31-47(53-39)49-35-33-45(55-49)41-37-44(52)42(38-43(41)51)46-34-36-50(56-46)48-32-30-40(54-48)28-26-24-22-20-18-16-14-12-10-8-6-4-2/h29-38H,3-28H2,1-2H3. The molecule has 0 aliphatic rings. The Balaban J connectivity index is 1.03. The summed E-state index contributed by atoms with van der Waals surface area (Å²) in [5, 5.41) is 0. The lowest BCUT2D eigenvalue weighted by Gasteiger charge is -2.08. The summed E-state index contributed by atoms with van der Waals surface area (Å²) in [7, 11) is 0. The third-order valence-electron chi connectivity index (χ3n) is 11.2. The zero-order valence-electron chi connectivity index (χ0n) is 34.5. The van der Waals surface area contributed by atoms with Crippen molar-refractivity contribution in [2.24, 2.45) is 0 Å². The molecule has 0 amide bonds. The maximum atomic E-state index is 3.97. The summed E-state index contributed by atoms with van der Waals surface area (Å²) in [5.41, 5.74) is 2.50. The fourth-order valence-corrected chi connectivity index (χ4v) is 13.5. The van der Waals surface area contributed by atoms with E-state index in [1.807, 2.05) is 45.3 Å². The molecule has 0 saturated carbocycles. The summed E-state index contributed by atoms with van der Waals surface area (Å²) < 4.78 is 2.30. The summed E-state index contributed by atoms with van der Waals surface area (Å²) in [5.74, 6) is 0. The predicted octanol–water partition coefficient (Wildman–Crippen LogP) is 20.6. The number of aryl methyl sites for hydroxylation is 2. The molecule has 0 aliphatic carbocycles. The zero-order valence-corrected chi connectivity index (χ0v) is 41.0. The summed E-state index contributed by atoms with van der Waals surface area (Å²) in [6.45, 7) is 4.60. The summed E-state index contributed by atoms with van der Waals surface area (Å²) in [6, 6.07) is 23.2. The highest BCUT2D eigenvalue weighted by molar-refractivity contribution is 9.11. The Labute approximate surface area is 374 Å². The van der Waals surface area contributed by atoms with Crippen LogP contribution in [0, 0.1) is 0 Å². The van der Waals surface area contributed by atoms with E-state index in [2.05, 4.69) is 106 Å². The van der Waals surface area contributed by atoms with Crippen molar-refractivity contribution in [3.63, 3.8) is 0 Å². The Morgan fingerprint density at radius 2 is 0.589 bits per heavy atom. The maximum Gasteiger partial charge on any atom is 0.0449 e. The Hall–Kier alpha value is -1.02. The Morgan fingerprint density at radius 1 is 0.321 bits per heavy atom. The molecule has 5 aromatic rings. The van der Waals surface area contributed by atoms with E-state index in [1.54, 1.807) is 0 Å². The lowest BCUT2D eigenvalue weighted by atomic mass is 10.0. The first kappa shape index (κ1) is 46.1. The van der Waals surface area contributed by atoms with Crippen LogP contribution < -0.4 is 0 Å². The van der Waals surface area contributed by atoms with Crippen LogP contribution in [0.2, 0.25) is 0 Å². The van der Waals surface area contributed by atoms with Crippen molar-refractivity contribution >= 4 is 77.2 Å². The molecule has 0 unspecified atom stereocenters. The quantitative estimate of drug-likeness (QED) is 0.0402. The molecule has 56 heavy (non-hydrogen) atoms. The van der Waals surface area contributed by atoms with Crippen molar-refractivity contribution in [1.29, 1.82) is 0 Å². The zero-order chi connectivity index (χ0) is 39.2. The number of unbranched alkanes of at least 4 members (excludes halogenated alkanes) is 22. The van der Waals surface area contributed by atoms with Crippen LogP contribution in [0.15, 0.2) is 69.6 Å². The van der Waals surface area contributed by atoms with Gasteiger partial charge in [-0.15, -0.1) is 45.3 Å². The predicted molar refractivity (Wildman–Crippen MR) is 265 cm³/mol. The highest BCUT2D eigenvalue weighted by Crippen LogP contribution is 2.46. The van der Waals surface area contributed by atoms with E-state index in [4.69, 9.17) is 0 Å². The highest BCUT2D eigenvalue weighted by Gasteiger charge is 2.16. The second-order valence-electron chi connectivity index (χ2n) is 15.9. The average molecular weight is 957 g/mol. The second-order valence-corrected chi connectivity index (χ2v) is 22.2. The van der Waals surface area contributed by atoms with Gasteiger partial charge in [-0.2, -0.15) is 0 Å². The summed E-state index contributed by atoms with van der Waals surface area (Å²) >= 11 is 15.7. The van der Waals surface area contributed by atoms with Gasteiger partial charge in [-0.05, 0) is 86.3 Å². The SMILES string of the molecule is CCCCCCCCCCCCCCc1ccc(-c2ccc(-c3cc(Br)c(-c4ccc(-c5ccc(CCCCCCCCCCCCCC)s5)s4)cc3Br)s2)s1. The third kappa shape index (κ3) is 15.9. The molecule has 306 valence electrons. The summed E-state index contributed by atoms with van der Waals surface area (Å²) in [6.07, 6.45) is 36.2. The Bertz CT molecular complexity index is 1660. The topological polar surface area (TPSA) is 0 Å². The van der Waals surface area contributed by atoms with Gasteiger partial charge >= 0.3 is 0 Å². The van der Waals surface area contributed by atoms with Crippen LogP contribution in [0.4, 0.5) is 0 Å². The monoisotopic (exact) mass is 954 g/mol. The van der Waals surface area contributed by atoms with E-state index in [9.17, 15) is 0 Å². The lowest BCUT2D eigenvalue weighted by molar-refractivity contribution is 0.544. The van der Waals surface area contributed by atoms with E-state index in [-0.39, 0.29) is 0 Å². The fourth-order valence-electron chi connectivity index (χ4n) is 7.72. The van der Waals surface area contributed by atoms with Crippen LogP contribution in [-0.2, 0) is 12.8 Å². The van der Waals surface area contributed by atoms with Gasteiger partial charge in [0.05, 0.1) is 0 Å². The Kier molecular flexibility index (Phi) is 22.2. The number of hydrogen-bond donors (Lipinski definition) is 0. The molecule has 0 saturated heterocycles. The van der Waals surface area contributed by atoms with Crippen LogP contribution in [0.25, 0.3) is 40.4 Å². The van der Waals surface area contributed by atoms with Gasteiger partial charge in [-0.25, -0.2) is 0 Å². The Morgan fingerprint density at radius 3 is 0.929 bits per heavy atom. The largest absolute Gasteiger partial charge is 0.139 e. The number of thiophene rings is 4. The van der Waals surface area contributed by atoms with Gasteiger partial charge in [-0.3, -0.25) is 0 Å². The second kappa shape index (κ2) is 27.0.